The second-order valence-corrected chi connectivity index (χ2v) is 6.64. The molecule has 0 saturated heterocycles. The van der Waals surface area contributed by atoms with Crippen LogP contribution < -0.4 is 5.32 Å². The third kappa shape index (κ3) is 3.68. The van der Waals surface area contributed by atoms with E-state index in [2.05, 4.69) is 32.9 Å². The number of thiazole rings is 1. The first-order chi connectivity index (χ1) is 10.2. The Balaban J connectivity index is 1.71. The predicted molar refractivity (Wildman–Crippen MR) is 96.4 cm³/mol. The average Bonchev–Trinajstić information content (AvgIpc) is 2.87. The van der Waals surface area contributed by atoms with Gasteiger partial charge in [-0.05, 0) is 58.5 Å². The van der Waals surface area contributed by atoms with Crippen molar-refractivity contribution in [3.05, 3.63) is 63.7 Å². The zero-order chi connectivity index (χ0) is 14.7. The number of hydrogen-bond donors (Lipinski definition) is 1. The Kier molecular flexibility index (Phi) is 4.31. The minimum absolute atomic E-state index is 0.173. The van der Waals surface area contributed by atoms with Crippen molar-refractivity contribution in [3.8, 4) is 0 Å². The Morgan fingerprint density at radius 1 is 1.19 bits per heavy atom. The zero-order valence-corrected chi connectivity index (χ0v) is 13.9. The fourth-order valence-corrected chi connectivity index (χ4v) is 3.29. The maximum absolute atomic E-state index is 11.9. The van der Waals surface area contributed by atoms with E-state index in [1.807, 2.05) is 48.5 Å². The number of nitrogens with one attached hydrogen (secondary N) is 1. The summed E-state index contributed by atoms with van der Waals surface area (Å²) in [6.45, 7) is 0. The third-order valence-electron chi connectivity index (χ3n) is 2.80. The van der Waals surface area contributed by atoms with Crippen molar-refractivity contribution >= 4 is 61.3 Å². The second-order valence-electron chi connectivity index (χ2n) is 4.36. The Labute approximate surface area is 139 Å². The van der Waals surface area contributed by atoms with Gasteiger partial charge in [-0.2, -0.15) is 0 Å². The summed E-state index contributed by atoms with van der Waals surface area (Å²) in [4.78, 5) is 16.3. The molecule has 0 unspecified atom stereocenters. The molecule has 21 heavy (non-hydrogen) atoms. The number of nitrogens with zero attached hydrogens (tertiary/aromatic N) is 1. The highest BCUT2D eigenvalue weighted by Gasteiger charge is 2.04. The first-order valence-electron chi connectivity index (χ1n) is 6.31. The van der Waals surface area contributed by atoms with Crippen molar-refractivity contribution in [2.45, 2.75) is 0 Å². The molecule has 0 radical (unpaired) electrons. The molecule has 3 rings (SSSR count). The largest absolute Gasteiger partial charge is 0.298 e. The summed E-state index contributed by atoms with van der Waals surface area (Å²) in [5, 5.41) is 3.41. The number of amides is 1. The number of fused-ring (bicyclic) bond motifs is 1. The molecule has 1 N–H and O–H groups in total. The highest BCUT2D eigenvalue weighted by molar-refractivity contribution is 14.1. The van der Waals surface area contributed by atoms with Gasteiger partial charge in [-0.25, -0.2) is 4.98 Å². The van der Waals surface area contributed by atoms with Gasteiger partial charge < -0.3 is 0 Å². The Morgan fingerprint density at radius 3 is 2.86 bits per heavy atom. The van der Waals surface area contributed by atoms with Crippen molar-refractivity contribution in [1.82, 2.24) is 4.98 Å². The van der Waals surface area contributed by atoms with Crippen LogP contribution in [0.5, 0.6) is 0 Å². The molecule has 104 valence electrons. The lowest BCUT2D eigenvalue weighted by Crippen LogP contribution is -2.07. The van der Waals surface area contributed by atoms with Gasteiger partial charge in [-0.15, -0.1) is 0 Å². The van der Waals surface area contributed by atoms with Crippen LogP contribution in [-0.2, 0) is 4.79 Å². The number of carbonyl (C=O) groups is 1. The molecule has 3 aromatic rings. The minimum Gasteiger partial charge on any atom is -0.298 e. The zero-order valence-electron chi connectivity index (χ0n) is 10.9. The highest BCUT2D eigenvalue weighted by atomic mass is 127. The number of rotatable bonds is 3. The summed E-state index contributed by atoms with van der Waals surface area (Å²) in [5.74, 6) is -0.173. The van der Waals surface area contributed by atoms with E-state index in [0.29, 0.717) is 5.13 Å². The molecule has 1 aromatic heterocycles. The van der Waals surface area contributed by atoms with E-state index >= 15 is 0 Å². The molecule has 2 aromatic carbocycles. The summed E-state index contributed by atoms with van der Waals surface area (Å²) in [6.07, 6.45) is 3.32. The van der Waals surface area contributed by atoms with E-state index in [4.69, 9.17) is 0 Å². The van der Waals surface area contributed by atoms with Crippen molar-refractivity contribution in [3.63, 3.8) is 0 Å². The minimum atomic E-state index is -0.173. The Bertz CT molecular complexity index is 793. The summed E-state index contributed by atoms with van der Waals surface area (Å²) < 4.78 is 2.20. The van der Waals surface area contributed by atoms with Crippen LogP contribution in [0.2, 0.25) is 0 Å². The van der Waals surface area contributed by atoms with Gasteiger partial charge in [0.2, 0.25) is 5.91 Å². The normalized spacial score (nSPS) is 11.1. The lowest BCUT2D eigenvalue weighted by molar-refractivity contribution is -0.111. The van der Waals surface area contributed by atoms with E-state index < -0.39 is 0 Å². The lowest BCUT2D eigenvalue weighted by Gasteiger charge is -1.96. The molecule has 0 aliphatic rings. The van der Waals surface area contributed by atoms with Crippen molar-refractivity contribution in [2.75, 3.05) is 5.32 Å². The monoisotopic (exact) mass is 406 g/mol. The summed E-state index contributed by atoms with van der Waals surface area (Å²) in [6, 6.07) is 15.8. The van der Waals surface area contributed by atoms with E-state index in [0.717, 1.165) is 19.4 Å². The lowest BCUT2D eigenvalue weighted by atomic mass is 10.2. The molecular formula is C16H11IN2OS. The second kappa shape index (κ2) is 6.36. The van der Waals surface area contributed by atoms with Gasteiger partial charge in [0.25, 0.3) is 0 Å². The van der Waals surface area contributed by atoms with Gasteiger partial charge in [0, 0.05) is 9.65 Å². The van der Waals surface area contributed by atoms with Crippen LogP contribution in [0.1, 0.15) is 5.56 Å². The number of benzene rings is 2. The van der Waals surface area contributed by atoms with Crippen LogP contribution in [0.4, 0.5) is 5.13 Å². The molecule has 0 aliphatic heterocycles. The summed E-state index contributed by atoms with van der Waals surface area (Å²) >= 11 is 3.72. The molecule has 0 aliphatic carbocycles. The highest BCUT2D eigenvalue weighted by Crippen LogP contribution is 2.25. The van der Waals surface area contributed by atoms with Gasteiger partial charge in [-0.1, -0.05) is 35.6 Å². The molecule has 0 fully saturated rings. The number of aromatic nitrogens is 1. The number of hydrogen-bond acceptors (Lipinski definition) is 3. The van der Waals surface area contributed by atoms with Crippen molar-refractivity contribution < 1.29 is 4.79 Å². The van der Waals surface area contributed by atoms with E-state index in [9.17, 15) is 4.79 Å². The number of para-hydroxylation sites is 1. The first kappa shape index (κ1) is 14.2. The number of anilines is 1. The van der Waals surface area contributed by atoms with Crippen LogP contribution in [0.15, 0.2) is 54.6 Å². The molecule has 0 spiro atoms. The quantitative estimate of drug-likeness (QED) is 0.512. The maximum Gasteiger partial charge on any atom is 0.250 e. The predicted octanol–water partition coefficient (Wildman–Crippen LogP) is 4.55. The molecular weight excluding hydrogens is 395 g/mol. The molecule has 1 amide bonds. The van der Waals surface area contributed by atoms with E-state index in [1.165, 1.54) is 17.4 Å². The summed E-state index contributed by atoms with van der Waals surface area (Å²) in [7, 11) is 0. The molecule has 0 atom stereocenters. The smallest absolute Gasteiger partial charge is 0.250 e. The third-order valence-corrected chi connectivity index (χ3v) is 4.42. The van der Waals surface area contributed by atoms with Gasteiger partial charge >= 0.3 is 0 Å². The van der Waals surface area contributed by atoms with Gasteiger partial charge in [0.05, 0.1) is 10.2 Å². The topological polar surface area (TPSA) is 42.0 Å². The van der Waals surface area contributed by atoms with Crippen molar-refractivity contribution in [2.24, 2.45) is 0 Å². The Morgan fingerprint density at radius 2 is 2.05 bits per heavy atom. The molecule has 3 nitrogen and oxygen atoms in total. The van der Waals surface area contributed by atoms with Gasteiger partial charge in [0.15, 0.2) is 5.13 Å². The number of carbonyl (C=O) groups excluding carboxylic acids is 1. The molecule has 0 bridgehead atoms. The number of halogens is 1. The first-order valence-corrected chi connectivity index (χ1v) is 8.20. The fourth-order valence-electron chi connectivity index (χ4n) is 1.85. The fraction of sp³-hybridized carbons (Fsp3) is 0. The van der Waals surface area contributed by atoms with Crippen molar-refractivity contribution in [1.29, 1.82) is 0 Å². The molecule has 5 heteroatoms. The van der Waals surface area contributed by atoms with E-state index in [-0.39, 0.29) is 5.91 Å². The van der Waals surface area contributed by atoms with Crippen LogP contribution in [0.25, 0.3) is 16.3 Å². The van der Waals surface area contributed by atoms with Crippen LogP contribution >= 0.6 is 33.9 Å². The van der Waals surface area contributed by atoms with Crippen LogP contribution in [0, 0.1) is 3.57 Å². The standard InChI is InChI=1S/C16H11IN2OS/c17-12-5-3-4-11(10-12)8-9-15(20)19-16-18-13-6-1-2-7-14(13)21-16/h1-10H,(H,18,19,20). The van der Waals surface area contributed by atoms with Crippen LogP contribution in [-0.4, -0.2) is 10.9 Å². The molecule has 1 heterocycles. The maximum atomic E-state index is 11.9. The van der Waals surface area contributed by atoms with E-state index in [1.54, 1.807) is 6.08 Å². The molecule has 0 saturated carbocycles. The van der Waals surface area contributed by atoms with Crippen LogP contribution in [0.3, 0.4) is 0 Å². The average molecular weight is 406 g/mol. The SMILES string of the molecule is O=C(C=Cc1cccc(I)c1)Nc1nc2ccccc2s1. The van der Waals surface area contributed by atoms with Gasteiger partial charge in [-0.3, -0.25) is 10.1 Å². The van der Waals surface area contributed by atoms with Gasteiger partial charge in [0.1, 0.15) is 0 Å². The Hall–Kier alpha value is -1.73. The summed E-state index contributed by atoms with van der Waals surface area (Å²) in [5.41, 5.74) is 1.90.